The first-order chi connectivity index (χ1) is 14.0. The fourth-order valence-corrected chi connectivity index (χ4v) is 2.97. The van der Waals surface area contributed by atoms with Crippen molar-refractivity contribution in [1.82, 2.24) is 16.2 Å². The number of nitrogens with two attached hydrogens (primary N) is 2. The van der Waals surface area contributed by atoms with Crippen LogP contribution in [-0.4, -0.2) is 64.9 Å². The van der Waals surface area contributed by atoms with Crippen LogP contribution in [0.3, 0.4) is 0 Å². The van der Waals surface area contributed by atoms with Gasteiger partial charge in [-0.2, -0.15) is 5.10 Å². The van der Waals surface area contributed by atoms with E-state index in [1.807, 2.05) is 0 Å². The largest absolute Gasteiger partial charge is 0.443 e. The summed E-state index contributed by atoms with van der Waals surface area (Å²) in [6.07, 6.45) is -1.08. The fourth-order valence-electron chi connectivity index (χ4n) is 2.97. The summed E-state index contributed by atoms with van der Waals surface area (Å²) in [6.45, 7) is 5.32. The number of hydrazine groups is 1. The standard InChI is InChI=1S/C15H22F2N6O3.CH4N2/c16-12-5-10(23-8-11(26-15(23)24)7-19-9-20-18)6-13(17)14(12)22-2-1-21-25-4-3-22;1-3-2/h5-6,11,19-21H,1-4,7-9,18H2;1-2H2/t11-;/m0./s1. The molecule has 2 aliphatic rings. The molecule has 0 aromatic heterocycles. The van der Waals surface area contributed by atoms with Gasteiger partial charge >= 0.3 is 6.09 Å². The maximum Gasteiger partial charge on any atom is 0.414 e. The van der Waals surface area contributed by atoms with Crippen LogP contribution in [0.5, 0.6) is 0 Å². The lowest BCUT2D eigenvalue weighted by Crippen LogP contribution is -2.39. The maximum atomic E-state index is 14.6. The smallest absolute Gasteiger partial charge is 0.414 e. The molecule has 0 bridgehead atoms. The summed E-state index contributed by atoms with van der Waals surface area (Å²) in [5.74, 6) is 8.04. The van der Waals surface area contributed by atoms with Gasteiger partial charge in [0, 0.05) is 45.0 Å². The molecular weight excluding hydrogens is 390 g/mol. The van der Waals surface area contributed by atoms with E-state index >= 15 is 0 Å². The van der Waals surface area contributed by atoms with E-state index in [1.54, 1.807) is 4.90 Å². The Balaban J connectivity index is 0.000000941. The molecule has 0 radical (unpaired) electrons. The average Bonchev–Trinajstić information content (AvgIpc) is 2.87. The second-order valence-electron chi connectivity index (χ2n) is 6.12. The number of benzene rings is 1. The Bertz CT molecular complexity index is 665. The monoisotopic (exact) mass is 416 g/mol. The zero-order valence-corrected chi connectivity index (χ0v) is 15.9. The van der Waals surface area contributed by atoms with Crippen molar-refractivity contribution in [2.75, 3.05) is 55.8 Å². The number of halogens is 2. The molecule has 7 N–H and O–H groups in total. The lowest BCUT2D eigenvalue weighted by molar-refractivity contribution is 0.0589. The molecule has 11 nitrogen and oxygen atoms in total. The van der Waals surface area contributed by atoms with E-state index in [2.05, 4.69) is 33.9 Å². The predicted molar refractivity (Wildman–Crippen MR) is 104 cm³/mol. The number of hydrogen-bond donors (Lipinski definition) is 5. The van der Waals surface area contributed by atoms with Crippen LogP contribution in [0.4, 0.5) is 25.0 Å². The molecule has 162 valence electrons. The Morgan fingerprint density at radius 3 is 2.69 bits per heavy atom. The van der Waals surface area contributed by atoms with Crippen molar-refractivity contribution in [3.63, 3.8) is 0 Å². The molecule has 2 heterocycles. The fraction of sp³-hybridized carbons (Fsp3) is 0.500. The first kappa shape index (κ1) is 22.7. The third-order valence-electron chi connectivity index (χ3n) is 4.15. The first-order valence-electron chi connectivity index (χ1n) is 8.88. The van der Waals surface area contributed by atoms with Gasteiger partial charge in [0.2, 0.25) is 0 Å². The number of carbonyl (C=O) groups excluding carboxylic acids is 1. The molecule has 2 fully saturated rings. The highest BCUT2D eigenvalue weighted by molar-refractivity contribution is 5.90. The van der Waals surface area contributed by atoms with Crippen molar-refractivity contribution in [3.8, 4) is 0 Å². The van der Waals surface area contributed by atoms with Gasteiger partial charge in [0.1, 0.15) is 11.8 Å². The number of nitrogens with zero attached hydrogens (tertiary/aromatic N) is 3. The average molecular weight is 416 g/mol. The van der Waals surface area contributed by atoms with Gasteiger partial charge in [0.25, 0.3) is 0 Å². The highest BCUT2D eigenvalue weighted by Gasteiger charge is 2.33. The van der Waals surface area contributed by atoms with Crippen molar-refractivity contribution in [1.29, 1.82) is 0 Å². The van der Waals surface area contributed by atoms with Crippen LogP contribution in [-0.2, 0) is 9.57 Å². The summed E-state index contributed by atoms with van der Waals surface area (Å²) < 4.78 is 34.4. The number of hydrogen-bond acceptors (Lipinski definition) is 10. The molecule has 0 aliphatic carbocycles. The Morgan fingerprint density at radius 1 is 1.34 bits per heavy atom. The maximum absolute atomic E-state index is 14.6. The molecule has 1 atom stereocenters. The normalized spacial score (nSPS) is 19.3. The molecule has 1 aromatic carbocycles. The summed E-state index contributed by atoms with van der Waals surface area (Å²) in [5.41, 5.74) is 5.12. The van der Waals surface area contributed by atoms with E-state index in [9.17, 15) is 13.6 Å². The molecular formula is C16H26F2N8O3. The minimum atomic E-state index is -0.733. The summed E-state index contributed by atoms with van der Waals surface area (Å²) in [7, 11) is 0. The number of nitrogens with one attached hydrogen (secondary N) is 3. The van der Waals surface area contributed by atoms with Crippen molar-refractivity contribution >= 4 is 24.2 Å². The van der Waals surface area contributed by atoms with E-state index < -0.39 is 23.8 Å². The molecule has 13 heteroatoms. The molecule has 0 spiro atoms. The van der Waals surface area contributed by atoms with E-state index in [0.29, 0.717) is 39.5 Å². The second-order valence-corrected chi connectivity index (χ2v) is 6.12. The molecule has 3 rings (SSSR count). The van der Waals surface area contributed by atoms with Gasteiger partial charge in [0.05, 0.1) is 25.5 Å². The molecule has 0 saturated carbocycles. The molecule has 1 amide bonds. The van der Waals surface area contributed by atoms with Gasteiger partial charge in [-0.25, -0.2) is 24.5 Å². The van der Waals surface area contributed by atoms with Crippen LogP contribution in [0.2, 0.25) is 0 Å². The van der Waals surface area contributed by atoms with Gasteiger partial charge in [0.15, 0.2) is 11.6 Å². The first-order valence-corrected chi connectivity index (χ1v) is 8.88. The highest BCUT2D eigenvalue weighted by Crippen LogP contribution is 2.31. The van der Waals surface area contributed by atoms with Crippen LogP contribution in [0.1, 0.15) is 0 Å². The lowest BCUT2D eigenvalue weighted by atomic mass is 10.2. The van der Waals surface area contributed by atoms with Crippen molar-refractivity contribution in [2.24, 2.45) is 16.8 Å². The van der Waals surface area contributed by atoms with Crippen LogP contribution < -0.4 is 37.7 Å². The molecule has 2 saturated heterocycles. The van der Waals surface area contributed by atoms with Gasteiger partial charge in [-0.3, -0.25) is 20.9 Å². The Morgan fingerprint density at radius 2 is 2.03 bits per heavy atom. The van der Waals surface area contributed by atoms with Gasteiger partial charge in [-0.1, -0.05) is 0 Å². The summed E-state index contributed by atoms with van der Waals surface area (Å²) in [6, 6.07) is 2.30. The molecule has 2 aliphatic heterocycles. The predicted octanol–water partition coefficient (Wildman–Crippen LogP) is -0.798. The Kier molecular flexibility index (Phi) is 8.95. The highest BCUT2D eigenvalue weighted by atomic mass is 19.1. The quantitative estimate of drug-likeness (QED) is 0.132. The Labute approximate surface area is 166 Å². The second kappa shape index (κ2) is 11.4. The van der Waals surface area contributed by atoms with Crippen molar-refractivity contribution < 1.29 is 23.1 Å². The number of hydrazone groups is 1. The summed E-state index contributed by atoms with van der Waals surface area (Å²) in [5, 5.41) is 5.69. The van der Waals surface area contributed by atoms with Crippen molar-refractivity contribution in [2.45, 2.75) is 6.10 Å². The van der Waals surface area contributed by atoms with Crippen LogP contribution >= 0.6 is 0 Å². The molecule has 0 unspecified atom stereocenters. The number of ether oxygens (including phenoxy) is 1. The number of hydroxylamine groups is 1. The Hall–Kier alpha value is -2.58. The lowest BCUT2D eigenvalue weighted by Gasteiger charge is -2.24. The van der Waals surface area contributed by atoms with Crippen LogP contribution in [0, 0.1) is 11.6 Å². The number of cyclic esters (lactones) is 1. The molecule has 29 heavy (non-hydrogen) atoms. The minimum Gasteiger partial charge on any atom is -0.443 e. The van der Waals surface area contributed by atoms with Gasteiger partial charge < -0.3 is 15.5 Å². The van der Waals surface area contributed by atoms with Gasteiger partial charge in [-0.15, -0.1) is 0 Å². The number of carbonyl (C=O) groups is 1. The number of amides is 1. The topological polar surface area (TPSA) is 142 Å². The molecule has 1 aromatic rings. The number of rotatable bonds is 6. The summed E-state index contributed by atoms with van der Waals surface area (Å²) in [4.78, 5) is 19.9. The van der Waals surface area contributed by atoms with Crippen molar-refractivity contribution in [3.05, 3.63) is 23.8 Å². The van der Waals surface area contributed by atoms with Gasteiger partial charge in [-0.05, 0) is 0 Å². The zero-order valence-electron chi connectivity index (χ0n) is 15.9. The number of anilines is 2. The third kappa shape index (κ3) is 6.20. The van der Waals surface area contributed by atoms with E-state index in [4.69, 9.17) is 15.4 Å². The third-order valence-corrected chi connectivity index (χ3v) is 4.15. The van der Waals surface area contributed by atoms with Crippen LogP contribution in [0.25, 0.3) is 0 Å². The van der Waals surface area contributed by atoms with E-state index in [1.165, 1.54) is 4.90 Å². The SMILES string of the molecule is C=NN.NNCNC[C@H]1CN(c2cc(F)c(N3CCNOCC3)c(F)c2)C(=O)O1. The van der Waals surface area contributed by atoms with Crippen LogP contribution in [0.15, 0.2) is 17.2 Å². The zero-order chi connectivity index (χ0) is 21.2. The van der Waals surface area contributed by atoms with E-state index in [0.717, 1.165) is 12.1 Å². The minimum absolute atomic E-state index is 0.123. The summed E-state index contributed by atoms with van der Waals surface area (Å²) >= 11 is 0. The van der Waals surface area contributed by atoms with E-state index in [-0.39, 0.29) is 17.9 Å².